The third-order valence-corrected chi connectivity index (χ3v) is 4.68. The smallest absolute Gasteiger partial charge is 0.425 e. The molecule has 4 nitrogen and oxygen atoms in total. The molecular weight excluding hydrogens is 413 g/mol. The van der Waals surface area contributed by atoms with Crippen LogP contribution in [0, 0.1) is 0 Å². The average Bonchev–Trinajstić information content (AvgIpc) is 3.28. The first-order valence-corrected chi connectivity index (χ1v) is 8.42. The largest absolute Gasteiger partial charge is 0.497 e. The molecule has 0 heterocycles. The number of hydrogen-bond donors (Lipinski definition) is 2. The minimum atomic E-state index is -4.76. The fourth-order valence-corrected chi connectivity index (χ4v) is 3.02. The van der Waals surface area contributed by atoms with Gasteiger partial charge in [-0.1, -0.05) is 34.1 Å². The lowest BCUT2D eigenvalue weighted by atomic mass is 10.0. The molecule has 0 radical (unpaired) electrons. The second-order valence-electron chi connectivity index (χ2n) is 5.96. The third kappa shape index (κ3) is 3.44. The molecule has 3 N–H and O–H groups in total. The summed E-state index contributed by atoms with van der Waals surface area (Å²) in [6, 6.07) is 11.9. The summed E-state index contributed by atoms with van der Waals surface area (Å²) in [7, 11) is 1.56. The van der Waals surface area contributed by atoms with Gasteiger partial charge in [0.1, 0.15) is 5.75 Å². The quantitative estimate of drug-likeness (QED) is 0.557. The third-order valence-electron chi connectivity index (χ3n) is 4.18. The fourth-order valence-electron chi connectivity index (χ4n) is 2.67. The minimum Gasteiger partial charge on any atom is -0.497 e. The summed E-state index contributed by atoms with van der Waals surface area (Å²) in [5.74, 6) is 6.82. The summed E-state index contributed by atoms with van der Waals surface area (Å²) < 4.78 is 44.8. The summed E-state index contributed by atoms with van der Waals surface area (Å²) in [5.41, 5.74) is -1.62. The van der Waals surface area contributed by atoms with E-state index in [4.69, 9.17) is 10.6 Å². The van der Waals surface area contributed by atoms with Gasteiger partial charge in [-0.3, -0.25) is 0 Å². The van der Waals surface area contributed by atoms with Crippen molar-refractivity contribution in [1.82, 2.24) is 0 Å². The Balaban J connectivity index is 1.87. The molecule has 26 heavy (non-hydrogen) atoms. The van der Waals surface area contributed by atoms with Crippen molar-refractivity contribution in [2.24, 2.45) is 5.84 Å². The molecule has 3 rings (SSSR count). The van der Waals surface area contributed by atoms with Gasteiger partial charge in [-0.2, -0.15) is 13.2 Å². The van der Waals surface area contributed by atoms with Crippen LogP contribution in [0.25, 0.3) is 5.57 Å². The average molecular weight is 429 g/mol. The van der Waals surface area contributed by atoms with Gasteiger partial charge in [-0.05, 0) is 35.9 Å². The van der Waals surface area contributed by atoms with Gasteiger partial charge < -0.3 is 14.9 Å². The van der Waals surface area contributed by atoms with Crippen molar-refractivity contribution < 1.29 is 23.0 Å². The van der Waals surface area contributed by atoms with Crippen LogP contribution in [-0.2, 0) is 6.54 Å². The SMILES string of the molecule is COc1ccc(CN(N)c2cc(Br)ccc2C2=CC2(O)C(F)(F)F)cc1. The zero-order chi connectivity index (χ0) is 19.1. The number of methoxy groups -OCH3 is 1. The van der Waals surface area contributed by atoms with Crippen LogP contribution in [0.5, 0.6) is 5.75 Å². The molecule has 2 aromatic rings. The zero-order valence-electron chi connectivity index (χ0n) is 13.7. The van der Waals surface area contributed by atoms with Crippen LogP contribution in [0.4, 0.5) is 18.9 Å². The van der Waals surface area contributed by atoms with Crippen molar-refractivity contribution in [1.29, 1.82) is 0 Å². The number of hydrazine groups is 1. The lowest BCUT2D eigenvalue weighted by Crippen LogP contribution is -2.35. The molecule has 1 aliphatic rings. The van der Waals surface area contributed by atoms with Gasteiger partial charge in [-0.15, -0.1) is 0 Å². The second kappa shape index (κ2) is 6.61. The van der Waals surface area contributed by atoms with E-state index in [2.05, 4.69) is 15.9 Å². The lowest BCUT2D eigenvalue weighted by molar-refractivity contribution is -0.204. The minimum absolute atomic E-state index is 0.197. The summed E-state index contributed by atoms with van der Waals surface area (Å²) in [6.07, 6.45) is -3.97. The van der Waals surface area contributed by atoms with Crippen LogP contribution in [-0.4, -0.2) is 24.0 Å². The number of nitrogens with zero attached hydrogens (tertiary/aromatic N) is 1. The Bertz CT molecular complexity index is 853. The van der Waals surface area contributed by atoms with E-state index < -0.39 is 11.8 Å². The van der Waals surface area contributed by atoms with Crippen molar-refractivity contribution in [3.63, 3.8) is 0 Å². The Labute approximate surface area is 156 Å². The summed E-state index contributed by atoms with van der Waals surface area (Å²) in [4.78, 5) is 0. The number of anilines is 1. The summed E-state index contributed by atoms with van der Waals surface area (Å²) in [6.45, 7) is 0.269. The fraction of sp³-hybridized carbons (Fsp3) is 0.222. The molecule has 0 saturated carbocycles. The first-order valence-electron chi connectivity index (χ1n) is 7.63. The standard InChI is InChI=1S/C18H16BrF3N2O2/c1-26-13-5-2-11(3-6-13)10-24(23)16-8-12(19)4-7-14(16)15-9-17(15,25)18(20,21)22/h2-9,25H,10,23H2,1H3. The van der Waals surface area contributed by atoms with Gasteiger partial charge in [0.15, 0.2) is 0 Å². The monoisotopic (exact) mass is 428 g/mol. The van der Waals surface area contributed by atoms with E-state index in [1.807, 2.05) is 12.1 Å². The molecule has 2 aromatic carbocycles. The molecule has 1 aliphatic carbocycles. The van der Waals surface area contributed by atoms with Crippen LogP contribution >= 0.6 is 15.9 Å². The Morgan fingerprint density at radius 2 is 1.85 bits per heavy atom. The molecule has 1 unspecified atom stereocenters. The van der Waals surface area contributed by atoms with E-state index in [1.54, 1.807) is 31.4 Å². The lowest BCUT2D eigenvalue weighted by Gasteiger charge is -2.23. The highest BCUT2D eigenvalue weighted by molar-refractivity contribution is 9.10. The van der Waals surface area contributed by atoms with E-state index in [1.165, 1.54) is 11.1 Å². The molecule has 0 fully saturated rings. The van der Waals surface area contributed by atoms with Gasteiger partial charge in [-0.25, -0.2) is 5.84 Å². The normalized spacial score (nSPS) is 19.1. The Morgan fingerprint density at radius 1 is 1.19 bits per heavy atom. The predicted molar refractivity (Wildman–Crippen MR) is 96.5 cm³/mol. The number of benzene rings is 2. The molecule has 0 amide bonds. The highest BCUT2D eigenvalue weighted by Crippen LogP contribution is 2.54. The van der Waals surface area contributed by atoms with E-state index in [0.717, 1.165) is 11.6 Å². The molecule has 138 valence electrons. The molecule has 0 aromatic heterocycles. The van der Waals surface area contributed by atoms with Gasteiger partial charge >= 0.3 is 6.18 Å². The van der Waals surface area contributed by atoms with E-state index in [9.17, 15) is 18.3 Å². The second-order valence-corrected chi connectivity index (χ2v) is 6.88. The predicted octanol–water partition coefficient (Wildman–Crippen LogP) is 4.03. The maximum absolute atomic E-state index is 13.0. The van der Waals surface area contributed by atoms with Crippen molar-refractivity contribution >= 4 is 27.2 Å². The first kappa shape index (κ1) is 18.8. The number of rotatable bonds is 5. The molecule has 0 aliphatic heterocycles. The summed E-state index contributed by atoms with van der Waals surface area (Å²) >= 11 is 3.30. The topological polar surface area (TPSA) is 58.7 Å². The Hall–Kier alpha value is -2.03. The summed E-state index contributed by atoms with van der Waals surface area (Å²) in [5, 5.41) is 11.1. The number of nitrogens with two attached hydrogens (primary N) is 1. The molecule has 8 heteroatoms. The van der Waals surface area contributed by atoms with Crippen LogP contribution in [0.2, 0.25) is 0 Å². The van der Waals surface area contributed by atoms with E-state index in [0.29, 0.717) is 15.9 Å². The molecule has 0 spiro atoms. The zero-order valence-corrected chi connectivity index (χ0v) is 15.3. The first-order chi connectivity index (χ1) is 12.2. The van der Waals surface area contributed by atoms with Gasteiger partial charge in [0.2, 0.25) is 5.60 Å². The van der Waals surface area contributed by atoms with Crippen LogP contribution in [0.1, 0.15) is 11.1 Å². The van der Waals surface area contributed by atoms with Crippen molar-refractivity contribution in [2.75, 3.05) is 12.1 Å². The number of hydrogen-bond acceptors (Lipinski definition) is 4. The number of alkyl halides is 3. The van der Waals surface area contributed by atoms with Gasteiger partial charge in [0, 0.05) is 15.6 Å². The van der Waals surface area contributed by atoms with E-state index in [-0.39, 0.29) is 17.7 Å². The van der Waals surface area contributed by atoms with Crippen LogP contribution in [0.3, 0.4) is 0 Å². The van der Waals surface area contributed by atoms with Crippen LogP contribution < -0.4 is 15.6 Å². The molecule has 1 atom stereocenters. The Morgan fingerprint density at radius 3 is 2.38 bits per heavy atom. The molecular formula is C18H16BrF3N2O2. The van der Waals surface area contributed by atoms with Crippen molar-refractivity contribution in [2.45, 2.75) is 18.3 Å². The molecule has 0 bridgehead atoms. The maximum atomic E-state index is 13.0. The number of aliphatic hydroxyl groups is 1. The van der Waals surface area contributed by atoms with Crippen molar-refractivity contribution in [3.8, 4) is 5.75 Å². The Kier molecular flexibility index (Phi) is 4.76. The van der Waals surface area contributed by atoms with Gasteiger partial charge in [0.05, 0.1) is 19.3 Å². The number of halogens is 4. The number of ether oxygens (including phenoxy) is 1. The van der Waals surface area contributed by atoms with Crippen molar-refractivity contribution in [3.05, 3.63) is 64.1 Å². The van der Waals surface area contributed by atoms with E-state index >= 15 is 0 Å². The molecule has 0 saturated heterocycles. The highest BCUT2D eigenvalue weighted by atomic mass is 79.9. The maximum Gasteiger partial charge on any atom is 0.425 e. The van der Waals surface area contributed by atoms with Crippen LogP contribution in [0.15, 0.2) is 53.0 Å². The van der Waals surface area contributed by atoms with Gasteiger partial charge in [0.25, 0.3) is 0 Å². The highest BCUT2D eigenvalue weighted by Gasteiger charge is 2.63.